The van der Waals surface area contributed by atoms with Crippen molar-refractivity contribution in [3.05, 3.63) is 17.8 Å². The first-order chi connectivity index (χ1) is 8.45. The largest absolute Gasteiger partial charge is 0.468 e. The first-order valence-corrected chi connectivity index (χ1v) is 5.29. The Bertz CT molecular complexity index is 430. The summed E-state index contributed by atoms with van der Waals surface area (Å²) < 4.78 is 4.55. The van der Waals surface area contributed by atoms with E-state index in [1.54, 1.807) is 38.2 Å². The van der Waals surface area contributed by atoms with Gasteiger partial charge in [-0.25, -0.2) is 0 Å². The summed E-state index contributed by atoms with van der Waals surface area (Å²) in [5, 5.41) is 7.71. The van der Waals surface area contributed by atoms with Crippen molar-refractivity contribution in [1.29, 1.82) is 0 Å². The molecular weight excluding hydrogens is 236 g/mol. The number of carbonyl (C=O) groups excluding carboxylic acids is 2. The van der Waals surface area contributed by atoms with Gasteiger partial charge in [0, 0.05) is 21.1 Å². The number of amides is 1. The zero-order chi connectivity index (χ0) is 13.7. The molecule has 0 aromatic carbocycles. The molecule has 0 unspecified atom stereocenters. The van der Waals surface area contributed by atoms with Gasteiger partial charge in [-0.05, 0) is 12.1 Å². The summed E-state index contributed by atoms with van der Waals surface area (Å²) >= 11 is 0. The van der Waals surface area contributed by atoms with Crippen LogP contribution in [0.3, 0.4) is 0 Å². The first-order valence-electron chi connectivity index (χ1n) is 5.29. The average Bonchev–Trinajstić information content (AvgIpc) is 2.37. The lowest BCUT2D eigenvalue weighted by Gasteiger charge is -2.16. The topological polar surface area (TPSA) is 75.6 Å². The number of anilines is 1. The fourth-order valence-electron chi connectivity index (χ4n) is 1.21. The molecule has 0 atom stereocenters. The fraction of sp³-hybridized carbons (Fsp3) is 0.455. The van der Waals surface area contributed by atoms with Gasteiger partial charge in [-0.1, -0.05) is 0 Å². The molecule has 7 heteroatoms. The second kappa shape index (κ2) is 5.95. The number of esters is 1. The Hall–Kier alpha value is -2.18. The lowest BCUT2D eigenvalue weighted by atomic mass is 10.3. The Morgan fingerprint density at radius 2 is 1.89 bits per heavy atom. The van der Waals surface area contributed by atoms with Gasteiger partial charge in [0.25, 0.3) is 5.91 Å². The van der Waals surface area contributed by atoms with Gasteiger partial charge < -0.3 is 14.5 Å². The maximum Gasteiger partial charge on any atom is 0.325 e. The Morgan fingerprint density at radius 1 is 1.22 bits per heavy atom. The monoisotopic (exact) mass is 252 g/mol. The number of hydrogen-bond acceptors (Lipinski definition) is 6. The summed E-state index contributed by atoms with van der Waals surface area (Å²) in [7, 11) is 6.29. The molecule has 1 heterocycles. The van der Waals surface area contributed by atoms with Crippen LogP contribution in [-0.2, 0) is 9.53 Å². The number of likely N-dealkylation sites (N-methyl/N-ethyl adjacent to an activating group) is 1. The SMILES string of the molecule is COC(=O)CN(C)c1ccc(C(=O)N(C)C)nn1. The highest BCUT2D eigenvalue weighted by Crippen LogP contribution is 2.08. The van der Waals surface area contributed by atoms with Crippen LogP contribution in [0.1, 0.15) is 10.5 Å². The van der Waals surface area contributed by atoms with Gasteiger partial charge in [0.05, 0.1) is 7.11 Å². The van der Waals surface area contributed by atoms with Crippen molar-refractivity contribution in [2.75, 3.05) is 39.7 Å². The van der Waals surface area contributed by atoms with E-state index in [1.165, 1.54) is 12.0 Å². The molecule has 0 N–H and O–H groups in total. The number of ether oxygens (including phenoxy) is 1. The number of carbonyl (C=O) groups is 2. The molecule has 1 amide bonds. The molecule has 0 aliphatic heterocycles. The van der Waals surface area contributed by atoms with Crippen LogP contribution in [0.15, 0.2) is 12.1 Å². The summed E-state index contributed by atoms with van der Waals surface area (Å²) in [5.74, 6) is -0.0897. The van der Waals surface area contributed by atoms with E-state index in [0.717, 1.165) is 0 Å². The molecule has 0 aliphatic rings. The van der Waals surface area contributed by atoms with Crippen molar-refractivity contribution >= 4 is 17.7 Å². The molecule has 1 rings (SSSR count). The third-order valence-electron chi connectivity index (χ3n) is 2.26. The van der Waals surface area contributed by atoms with E-state index >= 15 is 0 Å². The Balaban J connectivity index is 2.76. The summed E-state index contributed by atoms with van der Waals surface area (Å²) in [6.07, 6.45) is 0. The van der Waals surface area contributed by atoms with Crippen molar-refractivity contribution < 1.29 is 14.3 Å². The van der Waals surface area contributed by atoms with Gasteiger partial charge in [-0.3, -0.25) is 9.59 Å². The van der Waals surface area contributed by atoms with Gasteiger partial charge in [0.1, 0.15) is 6.54 Å². The van der Waals surface area contributed by atoms with Gasteiger partial charge >= 0.3 is 5.97 Å². The van der Waals surface area contributed by atoms with E-state index in [1.807, 2.05) is 0 Å². The molecule has 0 aliphatic carbocycles. The summed E-state index contributed by atoms with van der Waals surface area (Å²) in [6.45, 7) is 0.0755. The van der Waals surface area contributed by atoms with Crippen LogP contribution in [0.25, 0.3) is 0 Å². The highest BCUT2D eigenvalue weighted by Gasteiger charge is 2.12. The molecule has 18 heavy (non-hydrogen) atoms. The summed E-state index contributed by atoms with van der Waals surface area (Å²) in [4.78, 5) is 25.7. The highest BCUT2D eigenvalue weighted by molar-refractivity contribution is 5.91. The van der Waals surface area contributed by atoms with E-state index in [4.69, 9.17) is 0 Å². The van der Waals surface area contributed by atoms with Crippen LogP contribution in [0.5, 0.6) is 0 Å². The van der Waals surface area contributed by atoms with Crippen LogP contribution < -0.4 is 4.90 Å². The maximum atomic E-state index is 11.6. The minimum atomic E-state index is -0.368. The van der Waals surface area contributed by atoms with Crippen LogP contribution in [0.2, 0.25) is 0 Å². The molecule has 0 spiro atoms. The molecule has 1 aromatic heterocycles. The molecular formula is C11H16N4O3. The average molecular weight is 252 g/mol. The molecule has 7 nitrogen and oxygen atoms in total. The lowest BCUT2D eigenvalue weighted by molar-refractivity contribution is -0.138. The van der Waals surface area contributed by atoms with Gasteiger partial charge in [-0.2, -0.15) is 0 Å². The van der Waals surface area contributed by atoms with Crippen molar-refractivity contribution in [2.24, 2.45) is 0 Å². The highest BCUT2D eigenvalue weighted by atomic mass is 16.5. The van der Waals surface area contributed by atoms with E-state index < -0.39 is 0 Å². The van der Waals surface area contributed by atoms with Crippen LogP contribution in [-0.4, -0.2) is 61.8 Å². The van der Waals surface area contributed by atoms with Crippen molar-refractivity contribution in [1.82, 2.24) is 15.1 Å². The zero-order valence-corrected chi connectivity index (χ0v) is 10.9. The van der Waals surface area contributed by atoms with Crippen LogP contribution in [0, 0.1) is 0 Å². The molecule has 0 saturated carbocycles. The maximum absolute atomic E-state index is 11.6. The van der Waals surface area contributed by atoms with Crippen LogP contribution in [0.4, 0.5) is 5.82 Å². The van der Waals surface area contributed by atoms with Gasteiger partial charge in [0.2, 0.25) is 0 Å². The van der Waals surface area contributed by atoms with E-state index in [9.17, 15) is 9.59 Å². The van der Waals surface area contributed by atoms with Gasteiger partial charge in [-0.15, -0.1) is 10.2 Å². The zero-order valence-electron chi connectivity index (χ0n) is 10.9. The normalized spacial score (nSPS) is 9.78. The third kappa shape index (κ3) is 3.41. The summed E-state index contributed by atoms with van der Waals surface area (Å²) in [5.41, 5.74) is 0.259. The number of nitrogens with zero attached hydrogens (tertiary/aromatic N) is 4. The van der Waals surface area contributed by atoms with Crippen molar-refractivity contribution in [2.45, 2.75) is 0 Å². The second-order valence-corrected chi connectivity index (χ2v) is 3.91. The minimum Gasteiger partial charge on any atom is -0.468 e. The lowest BCUT2D eigenvalue weighted by Crippen LogP contribution is -2.28. The van der Waals surface area contributed by atoms with E-state index in [0.29, 0.717) is 5.82 Å². The molecule has 0 bridgehead atoms. The van der Waals surface area contributed by atoms with Crippen molar-refractivity contribution in [3.8, 4) is 0 Å². The predicted molar refractivity (Wildman–Crippen MR) is 65.3 cm³/mol. The standard InChI is InChI=1S/C11H16N4O3/c1-14(2)11(17)8-5-6-9(13-12-8)15(3)7-10(16)18-4/h5-6H,7H2,1-4H3. The molecule has 0 radical (unpaired) electrons. The first kappa shape index (κ1) is 13.9. The van der Waals surface area contributed by atoms with Gasteiger partial charge in [0.15, 0.2) is 11.5 Å². The molecule has 0 fully saturated rings. The minimum absolute atomic E-state index is 0.0755. The fourth-order valence-corrected chi connectivity index (χ4v) is 1.21. The summed E-state index contributed by atoms with van der Waals surface area (Å²) in [6, 6.07) is 3.20. The van der Waals surface area contributed by atoms with E-state index in [2.05, 4.69) is 14.9 Å². The second-order valence-electron chi connectivity index (χ2n) is 3.91. The number of methoxy groups -OCH3 is 1. The molecule has 1 aromatic rings. The number of aromatic nitrogens is 2. The van der Waals surface area contributed by atoms with Crippen LogP contribution >= 0.6 is 0 Å². The smallest absolute Gasteiger partial charge is 0.325 e. The molecule has 0 saturated heterocycles. The number of rotatable bonds is 4. The predicted octanol–water partition coefficient (Wildman–Crippen LogP) is -0.212. The number of hydrogen-bond donors (Lipinski definition) is 0. The quantitative estimate of drug-likeness (QED) is 0.690. The third-order valence-corrected chi connectivity index (χ3v) is 2.26. The van der Waals surface area contributed by atoms with E-state index in [-0.39, 0.29) is 24.1 Å². The van der Waals surface area contributed by atoms with Crippen molar-refractivity contribution in [3.63, 3.8) is 0 Å². The Morgan fingerprint density at radius 3 is 2.33 bits per heavy atom. The molecule has 98 valence electrons. The Kier molecular flexibility index (Phi) is 4.59. The Labute approximate surface area is 105 Å².